The first kappa shape index (κ1) is 17.7. The number of hydrogen-bond donors (Lipinski definition) is 2. The Labute approximate surface area is 154 Å². The van der Waals surface area contributed by atoms with E-state index in [1.165, 1.54) is 11.1 Å². The molecule has 1 amide bonds. The second-order valence-electron chi connectivity index (χ2n) is 6.30. The molecule has 0 saturated carbocycles. The molecule has 0 aliphatic rings. The van der Waals surface area contributed by atoms with E-state index in [0.717, 1.165) is 24.2 Å². The van der Waals surface area contributed by atoms with Crippen LogP contribution in [0, 0.1) is 6.92 Å². The first-order chi connectivity index (χ1) is 12.7. The van der Waals surface area contributed by atoms with Gasteiger partial charge in [0.2, 0.25) is 0 Å². The average molecular weight is 345 g/mol. The number of carbonyl (C=O) groups is 1. The van der Waals surface area contributed by atoms with E-state index in [1.54, 1.807) is 12.4 Å². The van der Waals surface area contributed by atoms with Gasteiger partial charge in [-0.15, -0.1) is 0 Å². The van der Waals surface area contributed by atoms with Crippen molar-refractivity contribution in [2.24, 2.45) is 0 Å². The third kappa shape index (κ3) is 5.18. The van der Waals surface area contributed by atoms with Crippen LogP contribution in [0.15, 0.2) is 73.1 Å². The van der Waals surface area contributed by atoms with Crippen molar-refractivity contribution in [3.05, 3.63) is 95.3 Å². The van der Waals surface area contributed by atoms with Gasteiger partial charge in [0.15, 0.2) is 0 Å². The predicted octanol–water partition coefficient (Wildman–Crippen LogP) is 3.97. The highest BCUT2D eigenvalue weighted by molar-refractivity contribution is 5.94. The number of nitrogens with zero attached hydrogens (tertiary/aromatic N) is 1. The van der Waals surface area contributed by atoms with Crippen LogP contribution in [-0.2, 0) is 13.0 Å². The maximum Gasteiger partial charge on any atom is 0.253 e. The molecule has 2 N–H and O–H groups in total. The molecule has 0 radical (unpaired) electrons. The molecule has 0 bridgehead atoms. The lowest BCUT2D eigenvalue weighted by Crippen LogP contribution is -2.23. The van der Waals surface area contributed by atoms with E-state index in [-0.39, 0.29) is 5.91 Å². The third-order valence-electron chi connectivity index (χ3n) is 4.12. The molecule has 0 saturated heterocycles. The van der Waals surface area contributed by atoms with Crippen molar-refractivity contribution in [2.75, 3.05) is 11.9 Å². The Morgan fingerprint density at radius 3 is 2.58 bits per heavy atom. The summed E-state index contributed by atoms with van der Waals surface area (Å²) in [5, 5.41) is 6.27. The predicted molar refractivity (Wildman–Crippen MR) is 105 cm³/mol. The number of rotatable bonds is 7. The van der Waals surface area contributed by atoms with Crippen molar-refractivity contribution in [1.82, 2.24) is 10.3 Å². The summed E-state index contributed by atoms with van der Waals surface area (Å²) in [6, 6.07) is 20.3. The Bertz CT molecular complexity index is 862. The molecule has 0 aliphatic carbocycles. The van der Waals surface area contributed by atoms with Gasteiger partial charge in [-0.1, -0.05) is 60.2 Å². The fourth-order valence-electron chi connectivity index (χ4n) is 2.76. The lowest BCUT2D eigenvalue weighted by atomic mass is 10.1. The summed E-state index contributed by atoms with van der Waals surface area (Å²) in [4.78, 5) is 16.5. The lowest BCUT2D eigenvalue weighted by Gasteiger charge is -2.09. The number of nitrogens with one attached hydrogen (secondary N) is 2. The summed E-state index contributed by atoms with van der Waals surface area (Å²) in [6.07, 6.45) is 4.25. The minimum Gasteiger partial charge on any atom is -0.383 e. The Morgan fingerprint density at radius 2 is 1.77 bits per heavy atom. The molecular formula is C22H23N3O. The molecule has 0 atom stereocenters. The summed E-state index contributed by atoms with van der Waals surface area (Å²) < 4.78 is 0. The summed E-state index contributed by atoms with van der Waals surface area (Å²) in [5.74, 6) is -0.120. The van der Waals surface area contributed by atoms with Crippen molar-refractivity contribution in [2.45, 2.75) is 19.9 Å². The second kappa shape index (κ2) is 8.81. The number of carbonyl (C=O) groups excluding carboxylic acids is 1. The molecule has 1 aromatic heterocycles. The molecule has 0 spiro atoms. The van der Waals surface area contributed by atoms with Crippen molar-refractivity contribution >= 4 is 11.6 Å². The Hall–Kier alpha value is -3.14. The van der Waals surface area contributed by atoms with Gasteiger partial charge in [-0.3, -0.25) is 9.78 Å². The van der Waals surface area contributed by atoms with Gasteiger partial charge >= 0.3 is 0 Å². The van der Waals surface area contributed by atoms with Gasteiger partial charge in [-0.05, 0) is 30.5 Å². The SMILES string of the molecule is Cc1cccc(CNC(=O)c2cncc(NCCc3ccccc3)c2)c1. The summed E-state index contributed by atoms with van der Waals surface area (Å²) in [5.41, 5.74) is 4.96. The maximum atomic E-state index is 12.4. The van der Waals surface area contributed by atoms with Crippen molar-refractivity contribution in [1.29, 1.82) is 0 Å². The Kier molecular flexibility index (Phi) is 5.99. The summed E-state index contributed by atoms with van der Waals surface area (Å²) >= 11 is 0. The minimum atomic E-state index is -0.120. The van der Waals surface area contributed by atoms with Crippen LogP contribution in [0.25, 0.3) is 0 Å². The molecule has 4 nitrogen and oxygen atoms in total. The summed E-state index contributed by atoms with van der Waals surface area (Å²) in [6.45, 7) is 3.34. The summed E-state index contributed by atoms with van der Waals surface area (Å²) in [7, 11) is 0. The van der Waals surface area contributed by atoms with Crippen LogP contribution in [0.3, 0.4) is 0 Å². The monoisotopic (exact) mass is 345 g/mol. The van der Waals surface area contributed by atoms with E-state index in [2.05, 4.69) is 33.8 Å². The Balaban J connectivity index is 1.53. The fourth-order valence-corrected chi connectivity index (χ4v) is 2.76. The van der Waals surface area contributed by atoms with Gasteiger partial charge in [-0.2, -0.15) is 0 Å². The number of aromatic nitrogens is 1. The van der Waals surface area contributed by atoms with Gasteiger partial charge in [0.05, 0.1) is 11.3 Å². The standard InChI is InChI=1S/C22H23N3O/c1-17-6-5-9-19(12-17)14-25-22(26)20-13-21(16-23-15-20)24-11-10-18-7-3-2-4-8-18/h2-9,12-13,15-16,24H,10-11,14H2,1H3,(H,25,26). The first-order valence-electron chi connectivity index (χ1n) is 8.77. The zero-order valence-corrected chi connectivity index (χ0v) is 14.9. The van der Waals surface area contributed by atoms with Crippen LogP contribution in [0.4, 0.5) is 5.69 Å². The number of hydrogen-bond acceptors (Lipinski definition) is 3. The van der Waals surface area contributed by atoms with Gasteiger partial charge in [-0.25, -0.2) is 0 Å². The smallest absolute Gasteiger partial charge is 0.253 e. The van der Waals surface area contributed by atoms with Crippen LogP contribution in [0.2, 0.25) is 0 Å². The molecule has 1 heterocycles. The molecular weight excluding hydrogens is 322 g/mol. The lowest BCUT2D eigenvalue weighted by molar-refractivity contribution is 0.0950. The van der Waals surface area contributed by atoms with Crippen LogP contribution < -0.4 is 10.6 Å². The number of aryl methyl sites for hydroxylation is 1. The maximum absolute atomic E-state index is 12.4. The topological polar surface area (TPSA) is 54.0 Å². The van der Waals surface area contributed by atoms with Crippen LogP contribution in [0.5, 0.6) is 0 Å². The zero-order valence-electron chi connectivity index (χ0n) is 14.9. The number of pyridine rings is 1. The molecule has 132 valence electrons. The average Bonchev–Trinajstić information content (AvgIpc) is 2.67. The molecule has 26 heavy (non-hydrogen) atoms. The van der Waals surface area contributed by atoms with E-state index < -0.39 is 0 Å². The highest BCUT2D eigenvalue weighted by Gasteiger charge is 2.07. The van der Waals surface area contributed by atoms with E-state index in [9.17, 15) is 4.79 Å². The molecule has 0 fully saturated rings. The van der Waals surface area contributed by atoms with E-state index in [0.29, 0.717) is 12.1 Å². The van der Waals surface area contributed by atoms with E-state index in [4.69, 9.17) is 0 Å². The minimum absolute atomic E-state index is 0.120. The molecule has 0 aliphatic heterocycles. The Morgan fingerprint density at radius 1 is 0.962 bits per heavy atom. The third-order valence-corrected chi connectivity index (χ3v) is 4.12. The highest BCUT2D eigenvalue weighted by Crippen LogP contribution is 2.10. The van der Waals surface area contributed by atoms with E-state index >= 15 is 0 Å². The number of amides is 1. The first-order valence-corrected chi connectivity index (χ1v) is 8.77. The van der Waals surface area contributed by atoms with Crippen LogP contribution >= 0.6 is 0 Å². The van der Waals surface area contributed by atoms with Gasteiger partial charge < -0.3 is 10.6 Å². The van der Waals surface area contributed by atoms with Gasteiger partial charge in [0.1, 0.15) is 0 Å². The highest BCUT2D eigenvalue weighted by atomic mass is 16.1. The normalized spacial score (nSPS) is 10.3. The van der Waals surface area contributed by atoms with E-state index in [1.807, 2.05) is 49.4 Å². The molecule has 0 unspecified atom stereocenters. The molecule has 3 aromatic rings. The molecule has 4 heteroatoms. The number of benzene rings is 2. The molecule has 2 aromatic carbocycles. The van der Waals surface area contributed by atoms with Crippen molar-refractivity contribution < 1.29 is 4.79 Å². The van der Waals surface area contributed by atoms with Crippen molar-refractivity contribution in [3.63, 3.8) is 0 Å². The number of anilines is 1. The second-order valence-corrected chi connectivity index (χ2v) is 6.30. The van der Waals surface area contributed by atoms with Gasteiger partial charge in [0, 0.05) is 25.5 Å². The van der Waals surface area contributed by atoms with Gasteiger partial charge in [0.25, 0.3) is 5.91 Å². The van der Waals surface area contributed by atoms with Crippen molar-refractivity contribution in [3.8, 4) is 0 Å². The largest absolute Gasteiger partial charge is 0.383 e. The fraction of sp³-hybridized carbons (Fsp3) is 0.182. The zero-order chi connectivity index (χ0) is 18.2. The van der Waals surface area contributed by atoms with Crippen LogP contribution in [-0.4, -0.2) is 17.4 Å². The molecule has 3 rings (SSSR count). The quantitative estimate of drug-likeness (QED) is 0.681. The van der Waals surface area contributed by atoms with Crippen LogP contribution in [0.1, 0.15) is 27.0 Å².